The van der Waals surface area contributed by atoms with E-state index in [9.17, 15) is 0 Å². The first-order chi connectivity index (χ1) is 13.3. The lowest BCUT2D eigenvalue weighted by Crippen LogP contribution is -2.55. The summed E-state index contributed by atoms with van der Waals surface area (Å²) in [5.41, 5.74) is 3.79. The van der Waals surface area contributed by atoms with Crippen molar-refractivity contribution in [3.8, 4) is 11.3 Å². The highest BCUT2D eigenvalue weighted by atomic mass is 15.2. The van der Waals surface area contributed by atoms with Crippen LogP contribution in [0.2, 0.25) is 0 Å². The Hall–Kier alpha value is -2.50. The topological polar surface area (TPSA) is 46.0 Å². The third kappa shape index (κ3) is 3.07. The number of rotatable bonds is 3. The summed E-state index contributed by atoms with van der Waals surface area (Å²) < 4.78 is 2.43. The number of nitrogens with zero attached hydrogens (tertiary/aromatic N) is 4. The zero-order chi connectivity index (χ0) is 18.1. The predicted molar refractivity (Wildman–Crippen MR) is 106 cm³/mol. The highest BCUT2D eigenvalue weighted by Gasteiger charge is 2.41. The highest BCUT2D eigenvalue weighted by molar-refractivity contribution is 5.59. The molecular formula is C22H25N5. The van der Waals surface area contributed by atoms with Crippen LogP contribution in [0.3, 0.4) is 0 Å². The third-order valence-corrected chi connectivity index (χ3v) is 5.99. The lowest BCUT2D eigenvalue weighted by atomic mass is 9.85. The summed E-state index contributed by atoms with van der Waals surface area (Å²) >= 11 is 0. The molecule has 0 aliphatic carbocycles. The summed E-state index contributed by atoms with van der Waals surface area (Å²) in [5, 5.41) is 3.82. The lowest BCUT2D eigenvalue weighted by molar-refractivity contribution is 0.109. The summed E-state index contributed by atoms with van der Waals surface area (Å²) in [6.45, 7) is 5.13. The maximum absolute atomic E-state index is 4.89. The molecule has 5 rings (SSSR count). The Morgan fingerprint density at radius 3 is 2.59 bits per heavy atom. The van der Waals surface area contributed by atoms with Gasteiger partial charge in [-0.05, 0) is 30.0 Å². The van der Waals surface area contributed by atoms with E-state index in [1.165, 1.54) is 22.6 Å². The highest BCUT2D eigenvalue weighted by Crippen LogP contribution is 2.37. The van der Waals surface area contributed by atoms with Crippen LogP contribution >= 0.6 is 0 Å². The molecule has 27 heavy (non-hydrogen) atoms. The van der Waals surface area contributed by atoms with Crippen molar-refractivity contribution in [3.63, 3.8) is 0 Å². The Bertz CT molecular complexity index is 895. The standard InChI is InChI=1S/C22H25N5/c1-2-6-19(7-3-1)20-16-24-21-22(25-11-14-27(20)21)8-12-26(13-9-22)17-18-5-4-10-23-15-18/h1-7,10,15-16,25H,8-9,11-14,17H2. The number of imidazole rings is 1. The molecular weight excluding hydrogens is 334 g/mol. The van der Waals surface area contributed by atoms with E-state index in [0.717, 1.165) is 45.6 Å². The minimum atomic E-state index is 0.0106. The molecule has 3 aromatic rings. The van der Waals surface area contributed by atoms with E-state index in [4.69, 9.17) is 4.98 Å². The Balaban J connectivity index is 1.36. The predicted octanol–water partition coefficient (Wildman–Crippen LogP) is 3.04. The van der Waals surface area contributed by atoms with Gasteiger partial charge in [0.05, 0.1) is 17.4 Å². The van der Waals surface area contributed by atoms with Crippen LogP contribution in [0, 0.1) is 0 Å². The van der Waals surface area contributed by atoms with Crippen molar-refractivity contribution in [1.29, 1.82) is 0 Å². The molecule has 5 nitrogen and oxygen atoms in total. The average Bonchev–Trinajstić information content (AvgIpc) is 3.17. The van der Waals surface area contributed by atoms with Gasteiger partial charge >= 0.3 is 0 Å². The Morgan fingerprint density at radius 2 is 1.81 bits per heavy atom. The molecule has 2 aliphatic rings. The van der Waals surface area contributed by atoms with Gasteiger partial charge in [-0.1, -0.05) is 36.4 Å². The first-order valence-electron chi connectivity index (χ1n) is 9.82. The van der Waals surface area contributed by atoms with Crippen molar-refractivity contribution in [2.45, 2.75) is 31.5 Å². The fourth-order valence-electron chi connectivity index (χ4n) is 4.55. The smallest absolute Gasteiger partial charge is 0.129 e. The van der Waals surface area contributed by atoms with Crippen molar-refractivity contribution in [1.82, 2.24) is 24.8 Å². The van der Waals surface area contributed by atoms with Gasteiger partial charge in [0.2, 0.25) is 0 Å². The van der Waals surface area contributed by atoms with E-state index in [1.54, 1.807) is 0 Å². The molecule has 0 atom stereocenters. The first kappa shape index (κ1) is 16.7. The molecule has 2 aromatic heterocycles. The van der Waals surface area contributed by atoms with Crippen LogP contribution in [0.5, 0.6) is 0 Å². The SMILES string of the molecule is c1ccc(-c2cnc3n2CCNC32CCN(Cc3cccnc3)CC2)cc1. The molecule has 1 N–H and O–H groups in total. The molecule has 1 saturated heterocycles. The molecule has 2 aliphatic heterocycles. The minimum Gasteiger partial charge on any atom is -0.325 e. The van der Waals surface area contributed by atoms with E-state index in [1.807, 2.05) is 18.5 Å². The van der Waals surface area contributed by atoms with Crippen LogP contribution in [-0.4, -0.2) is 39.1 Å². The van der Waals surface area contributed by atoms with E-state index < -0.39 is 0 Å². The molecule has 1 fully saturated rings. The fourth-order valence-corrected chi connectivity index (χ4v) is 4.55. The van der Waals surface area contributed by atoms with Crippen LogP contribution < -0.4 is 5.32 Å². The zero-order valence-electron chi connectivity index (χ0n) is 15.5. The van der Waals surface area contributed by atoms with Crippen LogP contribution in [0.15, 0.2) is 61.1 Å². The molecule has 1 aromatic carbocycles. The van der Waals surface area contributed by atoms with Crippen LogP contribution in [0.25, 0.3) is 11.3 Å². The van der Waals surface area contributed by atoms with Crippen LogP contribution in [-0.2, 0) is 18.6 Å². The van der Waals surface area contributed by atoms with E-state index in [2.05, 4.69) is 62.4 Å². The van der Waals surface area contributed by atoms with Crippen molar-refractivity contribution in [2.75, 3.05) is 19.6 Å². The van der Waals surface area contributed by atoms with Gasteiger partial charge in [0.15, 0.2) is 0 Å². The molecule has 5 heteroatoms. The van der Waals surface area contributed by atoms with Crippen molar-refractivity contribution in [3.05, 3.63) is 72.4 Å². The normalized spacial score (nSPS) is 19.1. The zero-order valence-corrected chi connectivity index (χ0v) is 15.5. The number of pyridine rings is 1. The number of aromatic nitrogens is 3. The Morgan fingerprint density at radius 1 is 0.963 bits per heavy atom. The second-order valence-electron chi connectivity index (χ2n) is 7.63. The Labute approximate surface area is 160 Å². The minimum absolute atomic E-state index is 0.0106. The summed E-state index contributed by atoms with van der Waals surface area (Å²) in [7, 11) is 0. The van der Waals surface area contributed by atoms with Crippen LogP contribution in [0.1, 0.15) is 24.2 Å². The average molecular weight is 359 g/mol. The summed E-state index contributed by atoms with van der Waals surface area (Å²) in [5.74, 6) is 1.22. The molecule has 0 radical (unpaired) electrons. The van der Waals surface area contributed by atoms with Gasteiger partial charge in [0, 0.05) is 45.1 Å². The van der Waals surface area contributed by atoms with Crippen molar-refractivity contribution < 1.29 is 0 Å². The number of likely N-dealkylation sites (tertiary alicyclic amines) is 1. The number of hydrogen-bond donors (Lipinski definition) is 1. The Kier molecular flexibility index (Phi) is 4.26. The maximum atomic E-state index is 4.89. The van der Waals surface area contributed by atoms with Gasteiger partial charge in [-0.2, -0.15) is 0 Å². The summed E-state index contributed by atoms with van der Waals surface area (Å²) in [6.07, 6.45) is 8.06. The molecule has 1 spiro atoms. The lowest BCUT2D eigenvalue weighted by Gasteiger charge is -2.44. The number of nitrogens with one attached hydrogen (secondary N) is 1. The second kappa shape index (κ2) is 6.91. The molecule has 0 saturated carbocycles. The van der Waals surface area contributed by atoms with Crippen LogP contribution in [0.4, 0.5) is 0 Å². The molecule has 0 unspecified atom stereocenters. The van der Waals surface area contributed by atoms with Gasteiger partial charge < -0.3 is 9.88 Å². The molecule has 0 amide bonds. The first-order valence-corrected chi connectivity index (χ1v) is 9.82. The third-order valence-electron chi connectivity index (χ3n) is 5.99. The molecule has 4 heterocycles. The second-order valence-corrected chi connectivity index (χ2v) is 7.63. The van der Waals surface area contributed by atoms with Gasteiger partial charge in [-0.3, -0.25) is 9.88 Å². The molecule has 0 bridgehead atoms. The maximum Gasteiger partial charge on any atom is 0.129 e. The van der Waals surface area contributed by atoms with Gasteiger partial charge in [0.1, 0.15) is 5.82 Å². The number of piperidine rings is 1. The monoisotopic (exact) mass is 359 g/mol. The van der Waals surface area contributed by atoms with Gasteiger partial charge in [-0.15, -0.1) is 0 Å². The fraction of sp³-hybridized carbons (Fsp3) is 0.364. The summed E-state index contributed by atoms with van der Waals surface area (Å²) in [4.78, 5) is 11.7. The van der Waals surface area contributed by atoms with Crippen molar-refractivity contribution in [2.24, 2.45) is 0 Å². The van der Waals surface area contributed by atoms with Gasteiger partial charge in [-0.25, -0.2) is 4.98 Å². The number of fused-ring (bicyclic) bond motifs is 2. The van der Waals surface area contributed by atoms with E-state index >= 15 is 0 Å². The van der Waals surface area contributed by atoms with E-state index in [-0.39, 0.29) is 5.54 Å². The summed E-state index contributed by atoms with van der Waals surface area (Å²) in [6, 6.07) is 14.8. The number of benzene rings is 1. The quantitative estimate of drug-likeness (QED) is 0.781. The molecule has 138 valence electrons. The largest absolute Gasteiger partial charge is 0.325 e. The van der Waals surface area contributed by atoms with Crippen molar-refractivity contribution >= 4 is 0 Å². The van der Waals surface area contributed by atoms with E-state index in [0.29, 0.717) is 0 Å². The number of hydrogen-bond acceptors (Lipinski definition) is 4. The van der Waals surface area contributed by atoms with Gasteiger partial charge in [0.25, 0.3) is 0 Å².